The molecule has 1 amide bonds. The molecule has 0 spiro atoms. The normalized spacial score (nSPS) is 43.0. The third-order valence-corrected chi connectivity index (χ3v) is 6.84. The summed E-state index contributed by atoms with van der Waals surface area (Å²) in [5.74, 6) is 5.00. The number of nitrogens with one attached hydrogen (secondary N) is 1. The van der Waals surface area contributed by atoms with Crippen molar-refractivity contribution >= 4 is 18.3 Å². The average Bonchev–Trinajstić information content (AvgIpc) is 2.46. The van der Waals surface area contributed by atoms with E-state index in [0.29, 0.717) is 17.7 Å². The number of halogens is 1. The molecule has 1 saturated heterocycles. The van der Waals surface area contributed by atoms with Gasteiger partial charge >= 0.3 is 0 Å². The maximum absolute atomic E-state index is 13.1. The van der Waals surface area contributed by atoms with Gasteiger partial charge in [-0.3, -0.25) is 4.79 Å². The van der Waals surface area contributed by atoms with Crippen LogP contribution in [0.5, 0.6) is 0 Å². The highest BCUT2D eigenvalue weighted by atomic mass is 35.5. The van der Waals surface area contributed by atoms with Gasteiger partial charge in [-0.15, -0.1) is 12.4 Å². The van der Waals surface area contributed by atoms with Gasteiger partial charge in [-0.1, -0.05) is 0 Å². The molecule has 1 heterocycles. The number of amides is 1. The lowest BCUT2D eigenvalue weighted by Gasteiger charge is -2.54. The summed E-state index contributed by atoms with van der Waals surface area (Å²) >= 11 is 0. The van der Waals surface area contributed by atoms with Gasteiger partial charge in [-0.05, 0) is 88.1 Å². The van der Waals surface area contributed by atoms with Crippen LogP contribution >= 0.6 is 12.4 Å². The summed E-state index contributed by atoms with van der Waals surface area (Å²) in [5, 5.41) is 3.29. The molecule has 1 unspecified atom stereocenters. The molecule has 0 radical (unpaired) electrons. The lowest BCUT2D eigenvalue weighted by Crippen LogP contribution is -2.53. The Balaban J connectivity index is 0.00000144. The van der Waals surface area contributed by atoms with Crippen molar-refractivity contribution in [2.75, 3.05) is 26.7 Å². The van der Waals surface area contributed by atoms with Crippen LogP contribution in [0.4, 0.5) is 0 Å². The van der Waals surface area contributed by atoms with E-state index >= 15 is 0 Å². The van der Waals surface area contributed by atoms with Crippen LogP contribution in [0.25, 0.3) is 0 Å². The fourth-order valence-corrected chi connectivity index (χ4v) is 6.26. The van der Waals surface area contributed by atoms with Crippen LogP contribution in [0.2, 0.25) is 0 Å². The topological polar surface area (TPSA) is 32.3 Å². The second-order valence-electron chi connectivity index (χ2n) is 8.31. The van der Waals surface area contributed by atoms with Crippen LogP contribution in [0.3, 0.4) is 0 Å². The number of rotatable bonds is 3. The minimum Gasteiger partial charge on any atom is -0.342 e. The van der Waals surface area contributed by atoms with Crippen molar-refractivity contribution < 1.29 is 4.79 Å². The van der Waals surface area contributed by atoms with Crippen molar-refractivity contribution in [3.05, 3.63) is 0 Å². The van der Waals surface area contributed by atoms with Gasteiger partial charge in [0.15, 0.2) is 0 Å². The molecule has 5 fully saturated rings. The number of nitrogens with zero attached hydrogens (tertiary/aromatic N) is 1. The SMILES string of the molecule is CNCC1CCCN(C(=O)C2C3CC4CC(C3)CC2C4)C1.Cl. The standard InChI is InChI=1S/C18H30N2O.ClH/c1-19-10-12-3-2-4-20(11-12)18(21)17-15-6-13-5-14(8-15)9-16(17)7-13;/h12-17,19H,2-11H2,1H3;1H. The number of carbonyl (C=O) groups excluding carboxylic acids is 1. The average molecular weight is 327 g/mol. The van der Waals surface area contributed by atoms with Crippen molar-refractivity contribution in [2.24, 2.45) is 35.5 Å². The van der Waals surface area contributed by atoms with Gasteiger partial charge < -0.3 is 10.2 Å². The first-order valence-electron chi connectivity index (χ1n) is 9.18. The number of hydrogen-bond acceptors (Lipinski definition) is 2. The van der Waals surface area contributed by atoms with Crippen LogP contribution in [-0.2, 0) is 4.79 Å². The van der Waals surface area contributed by atoms with Crippen LogP contribution < -0.4 is 5.32 Å². The molecule has 1 N–H and O–H groups in total. The predicted octanol–water partition coefficient (Wildman–Crippen LogP) is 2.94. The van der Waals surface area contributed by atoms with Crippen molar-refractivity contribution in [3.63, 3.8) is 0 Å². The Hall–Kier alpha value is -0.280. The zero-order chi connectivity index (χ0) is 14.4. The minimum absolute atomic E-state index is 0. The highest BCUT2D eigenvalue weighted by Gasteiger charge is 2.51. The summed E-state index contributed by atoms with van der Waals surface area (Å²) in [7, 11) is 2.03. The molecule has 4 heteroatoms. The Morgan fingerprint density at radius 3 is 2.32 bits per heavy atom. The lowest BCUT2D eigenvalue weighted by molar-refractivity contribution is -0.150. The number of likely N-dealkylation sites (tertiary alicyclic amines) is 1. The van der Waals surface area contributed by atoms with Gasteiger partial charge in [0.2, 0.25) is 5.91 Å². The maximum Gasteiger partial charge on any atom is 0.226 e. The van der Waals surface area contributed by atoms with Crippen molar-refractivity contribution in [2.45, 2.75) is 44.9 Å². The molecule has 4 bridgehead atoms. The van der Waals surface area contributed by atoms with E-state index in [4.69, 9.17) is 0 Å². The van der Waals surface area contributed by atoms with Gasteiger partial charge in [0.1, 0.15) is 0 Å². The van der Waals surface area contributed by atoms with Crippen LogP contribution in [0.15, 0.2) is 0 Å². The van der Waals surface area contributed by atoms with Gasteiger partial charge in [0.05, 0.1) is 0 Å². The first kappa shape index (κ1) is 16.6. The fraction of sp³-hybridized carbons (Fsp3) is 0.944. The van der Waals surface area contributed by atoms with E-state index in [1.54, 1.807) is 0 Å². The smallest absolute Gasteiger partial charge is 0.226 e. The molecule has 0 aromatic carbocycles. The molecule has 0 aromatic rings. The Bertz CT molecular complexity index is 384. The van der Waals surface area contributed by atoms with E-state index in [-0.39, 0.29) is 12.4 Å². The Morgan fingerprint density at radius 2 is 1.73 bits per heavy atom. The van der Waals surface area contributed by atoms with Crippen molar-refractivity contribution in [1.29, 1.82) is 0 Å². The van der Waals surface area contributed by atoms with E-state index in [0.717, 1.165) is 43.3 Å². The second-order valence-corrected chi connectivity index (χ2v) is 8.31. The highest BCUT2D eigenvalue weighted by molar-refractivity contribution is 5.85. The minimum atomic E-state index is 0. The first-order valence-corrected chi connectivity index (χ1v) is 9.18. The Kier molecular flexibility index (Phi) is 5.04. The molecule has 0 aromatic heterocycles. The molecule has 126 valence electrons. The molecule has 5 aliphatic rings. The fourth-order valence-electron chi connectivity index (χ4n) is 6.26. The molecular formula is C18H31ClN2O. The first-order chi connectivity index (χ1) is 10.2. The summed E-state index contributed by atoms with van der Waals surface area (Å²) in [6, 6.07) is 0. The van der Waals surface area contributed by atoms with Crippen molar-refractivity contribution in [1.82, 2.24) is 10.2 Å². The van der Waals surface area contributed by atoms with Gasteiger partial charge in [-0.25, -0.2) is 0 Å². The van der Waals surface area contributed by atoms with Crippen LogP contribution in [0, 0.1) is 35.5 Å². The summed E-state index contributed by atoms with van der Waals surface area (Å²) in [6.45, 7) is 3.08. The zero-order valence-electron chi connectivity index (χ0n) is 13.8. The molecule has 1 aliphatic heterocycles. The molecule has 4 saturated carbocycles. The molecular weight excluding hydrogens is 296 g/mol. The molecule has 22 heavy (non-hydrogen) atoms. The third-order valence-electron chi connectivity index (χ3n) is 6.84. The van der Waals surface area contributed by atoms with Crippen LogP contribution in [-0.4, -0.2) is 37.5 Å². The molecule has 3 nitrogen and oxygen atoms in total. The monoisotopic (exact) mass is 326 g/mol. The maximum atomic E-state index is 13.1. The zero-order valence-corrected chi connectivity index (χ0v) is 14.6. The van der Waals surface area contributed by atoms with E-state index in [1.165, 1.54) is 44.9 Å². The van der Waals surface area contributed by atoms with E-state index in [2.05, 4.69) is 10.2 Å². The summed E-state index contributed by atoms with van der Waals surface area (Å²) < 4.78 is 0. The van der Waals surface area contributed by atoms with Gasteiger partial charge in [0, 0.05) is 19.0 Å². The number of hydrogen-bond donors (Lipinski definition) is 1. The molecule has 4 aliphatic carbocycles. The predicted molar refractivity (Wildman–Crippen MR) is 91.0 cm³/mol. The van der Waals surface area contributed by atoms with E-state index in [9.17, 15) is 4.79 Å². The second kappa shape index (κ2) is 6.68. The number of piperidine rings is 1. The Morgan fingerprint density at radius 1 is 1.09 bits per heavy atom. The van der Waals surface area contributed by atoms with Crippen LogP contribution in [0.1, 0.15) is 44.9 Å². The summed E-state index contributed by atoms with van der Waals surface area (Å²) in [5.41, 5.74) is 0. The van der Waals surface area contributed by atoms with E-state index < -0.39 is 0 Å². The molecule has 1 atom stereocenters. The molecule has 5 rings (SSSR count). The summed E-state index contributed by atoms with van der Waals surface area (Å²) in [4.78, 5) is 15.4. The largest absolute Gasteiger partial charge is 0.342 e. The van der Waals surface area contributed by atoms with E-state index in [1.807, 2.05) is 7.05 Å². The quantitative estimate of drug-likeness (QED) is 0.865. The third kappa shape index (κ3) is 2.91. The van der Waals surface area contributed by atoms with Crippen molar-refractivity contribution in [3.8, 4) is 0 Å². The summed E-state index contributed by atoms with van der Waals surface area (Å²) in [6.07, 6.45) is 9.39. The lowest BCUT2D eigenvalue weighted by atomic mass is 9.51. The number of carbonyl (C=O) groups is 1. The van der Waals surface area contributed by atoms with Gasteiger partial charge in [0.25, 0.3) is 0 Å². The van der Waals surface area contributed by atoms with Gasteiger partial charge in [-0.2, -0.15) is 0 Å². The highest BCUT2D eigenvalue weighted by Crippen LogP contribution is 2.56. The Labute approximate surface area is 141 Å².